The number of benzene rings is 1. The molecule has 2 atom stereocenters. The van der Waals surface area contributed by atoms with Crippen LogP contribution in [0, 0.1) is 5.92 Å². The molecule has 0 saturated carbocycles. The Morgan fingerprint density at radius 3 is 2.36 bits per heavy atom. The Morgan fingerprint density at radius 1 is 1.16 bits per heavy atom. The van der Waals surface area contributed by atoms with E-state index < -0.39 is 6.04 Å². The first-order valence-electron chi connectivity index (χ1n) is 8.80. The molecule has 2 unspecified atom stereocenters. The lowest BCUT2D eigenvalue weighted by Gasteiger charge is -2.23. The van der Waals surface area contributed by atoms with Crippen LogP contribution in [-0.4, -0.2) is 37.1 Å². The number of amides is 2. The molecule has 0 aromatic heterocycles. The van der Waals surface area contributed by atoms with Gasteiger partial charge in [0.1, 0.15) is 6.04 Å². The molecule has 25 heavy (non-hydrogen) atoms. The third-order valence-electron chi connectivity index (χ3n) is 3.96. The van der Waals surface area contributed by atoms with Crippen LogP contribution in [0.3, 0.4) is 0 Å². The highest BCUT2D eigenvalue weighted by atomic mass is 35.5. The summed E-state index contributed by atoms with van der Waals surface area (Å²) in [4.78, 5) is 24.9. The van der Waals surface area contributed by atoms with Gasteiger partial charge in [0.25, 0.3) is 5.91 Å². The standard InChI is InChI=1S/C19H29ClN2O3/c1-5-14(4)17(19(24)21-11-6-12-25-13(2)3)22-18(23)15-7-9-16(20)10-8-15/h7-10,13-14,17H,5-6,11-12H2,1-4H3,(H,21,24)(H,22,23). The van der Waals surface area contributed by atoms with Gasteiger partial charge >= 0.3 is 0 Å². The van der Waals surface area contributed by atoms with E-state index in [1.54, 1.807) is 24.3 Å². The Morgan fingerprint density at radius 2 is 1.80 bits per heavy atom. The smallest absolute Gasteiger partial charge is 0.251 e. The van der Waals surface area contributed by atoms with Gasteiger partial charge in [0.05, 0.1) is 6.10 Å². The third kappa shape index (κ3) is 7.88. The first-order valence-corrected chi connectivity index (χ1v) is 9.18. The summed E-state index contributed by atoms with van der Waals surface area (Å²) in [6.45, 7) is 9.02. The van der Waals surface area contributed by atoms with E-state index in [4.69, 9.17) is 16.3 Å². The summed E-state index contributed by atoms with van der Waals surface area (Å²) >= 11 is 5.84. The Labute approximate surface area is 155 Å². The Hall–Kier alpha value is -1.59. The van der Waals surface area contributed by atoms with Gasteiger partial charge in [-0.1, -0.05) is 31.9 Å². The van der Waals surface area contributed by atoms with Gasteiger partial charge in [-0.2, -0.15) is 0 Å². The molecule has 140 valence electrons. The molecule has 0 bridgehead atoms. The van der Waals surface area contributed by atoms with Gasteiger partial charge < -0.3 is 15.4 Å². The van der Waals surface area contributed by atoms with Gasteiger partial charge in [0, 0.05) is 23.7 Å². The zero-order valence-electron chi connectivity index (χ0n) is 15.5. The van der Waals surface area contributed by atoms with Crippen molar-refractivity contribution in [1.82, 2.24) is 10.6 Å². The number of rotatable bonds is 10. The van der Waals surface area contributed by atoms with Crippen LogP contribution in [0.25, 0.3) is 0 Å². The fourth-order valence-corrected chi connectivity index (χ4v) is 2.37. The highest BCUT2D eigenvalue weighted by Crippen LogP contribution is 2.12. The van der Waals surface area contributed by atoms with Gasteiger partial charge in [-0.05, 0) is 50.5 Å². The highest BCUT2D eigenvalue weighted by Gasteiger charge is 2.26. The van der Waals surface area contributed by atoms with E-state index in [1.807, 2.05) is 27.7 Å². The fourth-order valence-electron chi connectivity index (χ4n) is 2.24. The van der Waals surface area contributed by atoms with Crippen LogP contribution in [0.15, 0.2) is 24.3 Å². The van der Waals surface area contributed by atoms with Crippen LogP contribution in [0.4, 0.5) is 0 Å². The summed E-state index contributed by atoms with van der Waals surface area (Å²) in [6, 6.07) is 6.03. The molecule has 0 heterocycles. The van der Waals surface area contributed by atoms with E-state index >= 15 is 0 Å². The van der Waals surface area contributed by atoms with Crippen LogP contribution >= 0.6 is 11.6 Å². The maximum atomic E-state index is 12.5. The van der Waals surface area contributed by atoms with Crippen LogP contribution in [0.2, 0.25) is 5.02 Å². The minimum atomic E-state index is -0.570. The predicted molar refractivity (Wildman–Crippen MR) is 101 cm³/mol. The average molecular weight is 369 g/mol. The highest BCUT2D eigenvalue weighted by molar-refractivity contribution is 6.30. The van der Waals surface area contributed by atoms with E-state index in [1.165, 1.54) is 0 Å². The molecule has 0 aliphatic carbocycles. The van der Waals surface area contributed by atoms with Crippen molar-refractivity contribution in [3.63, 3.8) is 0 Å². The number of hydrogen-bond donors (Lipinski definition) is 2. The molecule has 6 heteroatoms. The number of nitrogens with one attached hydrogen (secondary N) is 2. The average Bonchev–Trinajstić information content (AvgIpc) is 2.58. The van der Waals surface area contributed by atoms with Crippen molar-refractivity contribution in [2.75, 3.05) is 13.2 Å². The Kier molecular flexibility index (Phi) is 9.53. The minimum Gasteiger partial charge on any atom is -0.379 e. The first kappa shape index (κ1) is 21.5. The predicted octanol–water partition coefficient (Wildman–Crippen LogP) is 3.42. The lowest BCUT2D eigenvalue weighted by Crippen LogP contribution is -2.50. The van der Waals surface area contributed by atoms with Gasteiger partial charge in [-0.25, -0.2) is 0 Å². The summed E-state index contributed by atoms with van der Waals surface area (Å²) in [5, 5.41) is 6.29. The van der Waals surface area contributed by atoms with Crippen LogP contribution < -0.4 is 10.6 Å². The summed E-state index contributed by atoms with van der Waals surface area (Å²) in [7, 11) is 0. The molecule has 0 fully saturated rings. The van der Waals surface area contributed by atoms with Crippen molar-refractivity contribution in [1.29, 1.82) is 0 Å². The molecule has 1 aromatic carbocycles. The molecule has 0 aliphatic heterocycles. The van der Waals surface area contributed by atoms with Gasteiger partial charge in [0.2, 0.25) is 5.91 Å². The largest absolute Gasteiger partial charge is 0.379 e. The van der Waals surface area contributed by atoms with Crippen molar-refractivity contribution in [3.05, 3.63) is 34.9 Å². The monoisotopic (exact) mass is 368 g/mol. The summed E-state index contributed by atoms with van der Waals surface area (Å²) in [6.07, 6.45) is 1.71. The number of carbonyl (C=O) groups excluding carboxylic acids is 2. The van der Waals surface area contributed by atoms with E-state index in [2.05, 4.69) is 10.6 Å². The normalized spacial score (nSPS) is 13.4. The number of ether oxygens (including phenoxy) is 1. The maximum Gasteiger partial charge on any atom is 0.251 e. The second kappa shape index (κ2) is 11.1. The van der Waals surface area contributed by atoms with Gasteiger partial charge in [-0.3, -0.25) is 9.59 Å². The van der Waals surface area contributed by atoms with Crippen molar-refractivity contribution < 1.29 is 14.3 Å². The lowest BCUT2D eigenvalue weighted by atomic mass is 9.98. The number of hydrogen-bond acceptors (Lipinski definition) is 3. The van der Waals surface area contributed by atoms with E-state index in [9.17, 15) is 9.59 Å². The molecule has 5 nitrogen and oxygen atoms in total. The second-order valence-corrected chi connectivity index (χ2v) is 6.84. The molecule has 2 N–H and O–H groups in total. The SMILES string of the molecule is CCC(C)C(NC(=O)c1ccc(Cl)cc1)C(=O)NCCCOC(C)C. The van der Waals surface area contributed by atoms with E-state index in [0.717, 1.165) is 12.8 Å². The van der Waals surface area contributed by atoms with Crippen LogP contribution in [0.1, 0.15) is 50.9 Å². The second-order valence-electron chi connectivity index (χ2n) is 6.41. The summed E-state index contributed by atoms with van der Waals surface area (Å²) < 4.78 is 5.45. The molecular formula is C19H29ClN2O3. The summed E-state index contributed by atoms with van der Waals surface area (Å²) in [5.74, 6) is -0.412. The molecule has 0 aliphatic rings. The fraction of sp³-hybridized carbons (Fsp3) is 0.579. The molecule has 1 rings (SSSR count). The lowest BCUT2D eigenvalue weighted by molar-refractivity contribution is -0.124. The molecule has 0 saturated heterocycles. The van der Waals surface area contributed by atoms with Gasteiger partial charge in [-0.15, -0.1) is 0 Å². The molecule has 2 amide bonds. The topological polar surface area (TPSA) is 67.4 Å². The van der Waals surface area contributed by atoms with E-state index in [0.29, 0.717) is 23.7 Å². The summed E-state index contributed by atoms with van der Waals surface area (Å²) in [5.41, 5.74) is 0.482. The quantitative estimate of drug-likeness (QED) is 0.622. The molecular weight excluding hydrogens is 340 g/mol. The third-order valence-corrected chi connectivity index (χ3v) is 4.21. The zero-order chi connectivity index (χ0) is 18.8. The van der Waals surface area contributed by atoms with E-state index in [-0.39, 0.29) is 23.8 Å². The number of halogens is 1. The van der Waals surface area contributed by atoms with Crippen molar-refractivity contribution >= 4 is 23.4 Å². The maximum absolute atomic E-state index is 12.5. The van der Waals surface area contributed by atoms with Crippen LogP contribution in [-0.2, 0) is 9.53 Å². The molecule has 0 spiro atoms. The zero-order valence-corrected chi connectivity index (χ0v) is 16.2. The molecule has 1 aromatic rings. The Bertz CT molecular complexity index is 546. The van der Waals surface area contributed by atoms with Crippen LogP contribution in [0.5, 0.6) is 0 Å². The Balaban J connectivity index is 2.59. The number of carbonyl (C=O) groups is 2. The van der Waals surface area contributed by atoms with Crippen molar-refractivity contribution in [2.45, 2.75) is 52.7 Å². The van der Waals surface area contributed by atoms with Crippen molar-refractivity contribution in [2.24, 2.45) is 5.92 Å². The molecule has 0 radical (unpaired) electrons. The van der Waals surface area contributed by atoms with Gasteiger partial charge in [0.15, 0.2) is 0 Å². The van der Waals surface area contributed by atoms with Crippen molar-refractivity contribution in [3.8, 4) is 0 Å². The first-order chi connectivity index (χ1) is 11.8. The minimum absolute atomic E-state index is 0.0307.